The van der Waals surface area contributed by atoms with Crippen LogP contribution in [0.4, 0.5) is 10.5 Å². The van der Waals surface area contributed by atoms with Crippen LogP contribution < -0.4 is 10.1 Å². The van der Waals surface area contributed by atoms with Crippen LogP contribution in [0.1, 0.15) is 32.6 Å². The molecule has 0 aliphatic carbocycles. The molecule has 1 aromatic rings. The third-order valence-electron chi connectivity index (χ3n) is 5.49. The van der Waals surface area contributed by atoms with Crippen molar-refractivity contribution in [3.05, 3.63) is 24.3 Å². The first-order valence-corrected chi connectivity index (χ1v) is 10.2. The first-order valence-electron chi connectivity index (χ1n) is 10.2. The van der Waals surface area contributed by atoms with E-state index in [0.717, 1.165) is 19.3 Å². The lowest BCUT2D eigenvalue weighted by molar-refractivity contribution is -0.151. The van der Waals surface area contributed by atoms with Crippen molar-refractivity contribution < 1.29 is 23.9 Å². The fourth-order valence-corrected chi connectivity index (χ4v) is 3.98. The number of hydrogen-bond acceptors (Lipinski definition) is 5. The number of piperidine rings is 1. The van der Waals surface area contributed by atoms with E-state index in [-0.39, 0.29) is 23.8 Å². The highest BCUT2D eigenvalue weighted by molar-refractivity contribution is 5.94. The summed E-state index contributed by atoms with van der Waals surface area (Å²) in [5, 5.41) is 2.85. The Bertz CT molecular complexity index is 736. The average Bonchev–Trinajstić information content (AvgIpc) is 3.24. The summed E-state index contributed by atoms with van der Waals surface area (Å²) in [6.07, 6.45) is 2.91. The molecule has 2 atom stereocenters. The Hall–Kier alpha value is -2.77. The van der Waals surface area contributed by atoms with E-state index in [4.69, 9.17) is 9.47 Å². The van der Waals surface area contributed by atoms with Crippen molar-refractivity contribution in [1.29, 1.82) is 0 Å². The number of carbonyl (C=O) groups is 3. The molecule has 2 fully saturated rings. The predicted molar refractivity (Wildman–Crippen MR) is 108 cm³/mol. The van der Waals surface area contributed by atoms with Crippen molar-refractivity contribution in [2.24, 2.45) is 5.92 Å². The van der Waals surface area contributed by atoms with Crippen LogP contribution in [0.2, 0.25) is 0 Å². The van der Waals surface area contributed by atoms with Crippen LogP contribution in [0.5, 0.6) is 5.75 Å². The molecule has 8 heteroatoms. The molecule has 0 bridgehead atoms. The van der Waals surface area contributed by atoms with Gasteiger partial charge in [0.15, 0.2) is 0 Å². The maximum atomic E-state index is 13.1. The summed E-state index contributed by atoms with van der Waals surface area (Å²) in [7, 11) is 1.58. The number of ether oxygens (including phenoxy) is 2. The average molecular weight is 403 g/mol. The van der Waals surface area contributed by atoms with Crippen LogP contribution in [0.3, 0.4) is 0 Å². The van der Waals surface area contributed by atoms with E-state index in [0.29, 0.717) is 44.1 Å². The van der Waals surface area contributed by atoms with Crippen molar-refractivity contribution in [2.45, 2.75) is 38.6 Å². The van der Waals surface area contributed by atoms with E-state index in [1.807, 2.05) is 0 Å². The van der Waals surface area contributed by atoms with Gasteiger partial charge < -0.3 is 24.6 Å². The van der Waals surface area contributed by atoms with Gasteiger partial charge in [-0.15, -0.1) is 0 Å². The Morgan fingerprint density at radius 2 is 1.83 bits per heavy atom. The first-order chi connectivity index (χ1) is 14.0. The molecule has 8 nitrogen and oxygen atoms in total. The number of likely N-dealkylation sites (tertiary alicyclic amines) is 2. The van der Waals surface area contributed by atoms with Gasteiger partial charge in [0, 0.05) is 25.3 Å². The Morgan fingerprint density at radius 3 is 2.52 bits per heavy atom. The molecule has 3 rings (SSSR count). The number of methoxy groups -OCH3 is 1. The van der Waals surface area contributed by atoms with Crippen molar-refractivity contribution >= 4 is 23.6 Å². The van der Waals surface area contributed by atoms with Gasteiger partial charge in [-0.3, -0.25) is 9.59 Å². The summed E-state index contributed by atoms with van der Waals surface area (Å²) in [6, 6.07) is 6.28. The normalized spacial score (nSPS) is 21.6. The highest BCUT2D eigenvalue weighted by atomic mass is 16.5. The number of nitrogens with zero attached hydrogens (tertiary/aromatic N) is 2. The van der Waals surface area contributed by atoms with Crippen LogP contribution in [-0.2, 0) is 14.3 Å². The van der Waals surface area contributed by atoms with E-state index in [9.17, 15) is 14.4 Å². The smallest absolute Gasteiger partial charge is 0.322 e. The summed E-state index contributed by atoms with van der Waals surface area (Å²) in [4.78, 5) is 41.3. The second kappa shape index (κ2) is 9.62. The van der Waals surface area contributed by atoms with Crippen LogP contribution in [-0.4, -0.2) is 67.1 Å². The Kier molecular flexibility index (Phi) is 6.95. The Labute approximate surface area is 171 Å². The summed E-state index contributed by atoms with van der Waals surface area (Å²) in [5.41, 5.74) is 0.647. The number of amides is 3. The molecule has 2 aliphatic heterocycles. The maximum absolute atomic E-state index is 13.1. The minimum absolute atomic E-state index is 0.0821. The summed E-state index contributed by atoms with van der Waals surface area (Å²) in [5.74, 6) is 0.0982. The quantitative estimate of drug-likeness (QED) is 0.763. The molecule has 29 heavy (non-hydrogen) atoms. The number of anilines is 1. The molecule has 0 saturated carbocycles. The predicted octanol–water partition coefficient (Wildman–Crippen LogP) is 2.49. The zero-order valence-corrected chi connectivity index (χ0v) is 17.1. The number of benzene rings is 1. The largest absolute Gasteiger partial charge is 0.497 e. The van der Waals surface area contributed by atoms with Crippen LogP contribution >= 0.6 is 0 Å². The molecule has 1 aromatic carbocycles. The molecule has 2 saturated heterocycles. The molecule has 2 aliphatic rings. The van der Waals surface area contributed by atoms with Gasteiger partial charge in [0.25, 0.3) is 0 Å². The zero-order chi connectivity index (χ0) is 20.8. The zero-order valence-electron chi connectivity index (χ0n) is 17.1. The van der Waals surface area contributed by atoms with Gasteiger partial charge in [-0.25, -0.2) is 4.79 Å². The lowest BCUT2D eigenvalue weighted by atomic mass is 9.97. The van der Waals surface area contributed by atoms with E-state index in [2.05, 4.69) is 5.32 Å². The van der Waals surface area contributed by atoms with Gasteiger partial charge in [-0.2, -0.15) is 0 Å². The topological polar surface area (TPSA) is 88.2 Å². The van der Waals surface area contributed by atoms with E-state index < -0.39 is 6.04 Å². The van der Waals surface area contributed by atoms with Gasteiger partial charge >= 0.3 is 12.0 Å². The number of nitrogens with one attached hydrogen (secondary N) is 1. The van der Waals surface area contributed by atoms with Gasteiger partial charge in [-0.05, 0) is 56.9 Å². The molecule has 0 spiro atoms. The first kappa shape index (κ1) is 21.0. The standard InChI is InChI=1S/C21H29N3O5/c1-3-29-20(26)15-6-4-12-23(14-15)19(25)18-7-5-13-24(18)21(27)22-16-8-10-17(28-2)11-9-16/h8-11,15,18H,3-7,12-14H2,1-2H3,(H,22,27). The van der Waals surface area contributed by atoms with Crippen LogP contribution in [0, 0.1) is 5.92 Å². The molecular weight excluding hydrogens is 374 g/mol. The second-order valence-electron chi connectivity index (χ2n) is 7.39. The third-order valence-corrected chi connectivity index (χ3v) is 5.49. The molecule has 0 radical (unpaired) electrons. The molecular formula is C21H29N3O5. The van der Waals surface area contributed by atoms with Gasteiger partial charge in [0.05, 0.1) is 19.6 Å². The van der Waals surface area contributed by atoms with Gasteiger partial charge in [0.2, 0.25) is 5.91 Å². The lowest BCUT2D eigenvalue weighted by Crippen LogP contribution is -2.52. The number of urea groups is 1. The van der Waals surface area contributed by atoms with Gasteiger partial charge in [0.1, 0.15) is 11.8 Å². The maximum Gasteiger partial charge on any atom is 0.322 e. The molecule has 0 aromatic heterocycles. The fourth-order valence-electron chi connectivity index (χ4n) is 3.98. The summed E-state index contributed by atoms with van der Waals surface area (Å²) < 4.78 is 10.2. The number of carbonyl (C=O) groups excluding carboxylic acids is 3. The van der Waals surface area contributed by atoms with Crippen molar-refractivity contribution in [3.63, 3.8) is 0 Å². The molecule has 158 valence electrons. The van der Waals surface area contributed by atoms with E-state index in [1.54, 1.807) is 48.1 Å². The lowest BCUT2D eigenvalue weighted by Gasteiger charge is -2.35. The number of esters is 1. The highest BCUT2D eigenvalue weighted by Gasteiger charge is 2.39. The van der Waals surface area contributed by atoms with Crippen molar-refractivity contribution in [2.75, 3.05) is 38.7 Å². The monoisotopic (exact) mass is 403 g/mol. The SMILES string of the molecule is CCOC(=O)C1CCCN(C(=O)C2CCCN2C(=O)Nc2ccc(OC)cc2)C1. The molecule has 3 amide bonds. The van der Waals surface area contributed by atoms with Crippen LogP contribution in [0.15, 0.2) is 24.3 Å². The molecule has 2 unspecified atom stereocenters. The fraction of sp³-hybridized carbons (Fsp3) is 0.571. The van der Waals surface area contributed by atoms with E-state index in [1.165, 1.54) is 0 Å². The second-order valence-corrected chi connectivity index (χ2v) is 7.39. The Balaban J connectivity index is 1.62. The van der Waals surface area contributed by atoms with Crippen LogP contribution in [0.25, 0.3) is 0 Å². The van der Waals surface area contributed by atoms with Crippen molar-refractivity contribution in [3.8, 4) is 5.75 Å². The molecule has 2 heterocycles. The summed E-state index contributed by atoms with van der Waals surface area (Å²) in [6.45, 7) is 3.63. The minimum Gasteiger partial charge on any atom is -0.497 e. The third kappa shape index (κ3) is 4.99. The summed E-state index contributed by atoms with van der Waals surface area (Å²) >= 11 is 0. The highest BCUT2D eigenvalue weighted by Crippen LogP contribution is 2.25. The Morgan fingerprint density at radius 1 is 1.10 bits per heavy atom. The molecule has 1 N–H and O–H groups in total. The number of hydrogen-bond donors (Lipinski definition) is 1. The van der Waals surface area contributed by atoms with Gasteiger partial charge in [-0.1, -0.05) is 0 Å². The minimum atomic E-state index is -0.491. The number of rotatable bonds is 5. The van der Waals surface area contributed by atoms with Crippen molar-refractivity contribution in [1.82, 2.24) is 9.80 Å². The van der Waals surface area contributed by atoms with E-state index >= 15 is 0 Å².